The Balaban J connectivity index is 2.08. The van der Waals surface area contributed by atoms with Crippen LogP contribution in [-0.2, 0) is 0 Å². The van der Waals surface area contributed by atoms with Gasteiger partial charge in [-0.05, 0) is 37.6 Å². The Bertz CT molecular complexity index is 105. The molecule has 1 saturated carbocycles. The van der Waals surface area contributed by atoms with E-state index in [2.05, 4.69) is 26.1 Å². The van der Waals surface area contributed by atoms with Crippen molar-refractivity contribution >= 4 is 0 Å². The molecule has 0 radical (unpaired) electrons. The summed E-state index contributed by atoms with van der Waals surface area (Å²) in [6, 6.07) is 0.746. The molecule has 0 spiro atoms. The lowest BCUT2D eigenvalue weighted by Gasteiger charge is -2.20. The zero-order valence-corrected chi connectivity index (χ0v) is 8.06. The topological polar surface area (TPSA) is 12.0 Å². The Labute approximate surface area is 70.6 Å². The van der Waals surface area contributed by atoms with Gasteiger partial charge in [-0.1, -0.05) is 20.8 Å². The second-order valence-electron chi connectivity index (χ2n) is 4.11. The SMILES string of the molecule is CCC(NCC1CC1)C(C)C. The second kappa shape index (κ2) is 4.10. The molecule has 1 aliphatic rings. The summed E-state index contributed by atoms with van der Waals surface area (Å²) in [5.41, 5.74) is 0. The van der Waals surface area contributed by atoms with Crippen molar-refractivity contribution in [2.24, 2.45) is 11.8 Å². The van der Waals surface area contributed by atoms with E-state index in [0.717, 1.165) is 17.9 Å². The lowest BCUT2D eigenvalue weighted by atomic mass is 10.0. The van der Waals surface area contributed by atoms with Gasteiger partial charge in [-0.25, -0.2) is 0 Å². The van der Waals surface area contributed by atoms with Gasteiger partial charge in [0, 0.05) is 6.04 Å². The monoisotopic (exact) mass is 155 g/mol. The van der Waals surface area contributed by atoms with Gasteiger partial charge >= 0.3 is 0 Å². The predicted molar refractivity (Wildman–Crippen MR) is 49.6 cm³/mol. The standard InChI is InChI=1S/C10H21N/c1-4-10(8(2)3)11-7-9-5-6-9/h8-11H,4-7H2,1-3H3. The van der Waals surface area contributed by atoms with E-state index in [1.54, 1.807) is 0 Å². The van der Waals surface area contributed by atoms with E-state index >= 15 is 0 Å². The molecule has 1 heteroatoms. The van der Waals surface area contributed by atoms with Crippen LogP contribution in [-0.4, -0.2) is 12.6 Å². The van der Waals surface area contributed by atoms with Gasteiger partial charge in [0.25, 0.3) is 0 Å². The first kappa shape index (κ1) is 9.05. The van der Waals surface area contributed by atoms with E-state index in [1.807, 2.05) is 0 Å². The maximum absolute atomic E-state index is 3.63. The first-order valence-corrected chi connectivity index (χ1v) is 4.97. The maximum atomic E-state index is 3.63. The fourth-order valence-electron chi connectivity index (χ4n) is 1.49. The van der Waals surface area contributed by atoms with E-state index in [1.165, 1.54) is 25.8 Å². The number of nitrogens with one attached hydrogen (secondary N) is 1. The van der Waals surface area contributed by atoms with Crippen LogP contribution in [0.25, 0.3) is 0 Å². The van der Waals surface area contributed by atoms with Crippen LogP contribution in [0.5, 0.6) is 0 Å². The van der Waals surface area contributed by atoms with Crippen molar-refractivity contribution in [2.75, 3.05) is 6.54 Å². The molecule has 0 aromatic carbocycles. The minimum Gasteiger partial charge on any atom is -0.313 e. The van der Waals surface area contributed by atoms with Gasteiger partial charge in [0.15, 0.2) is 0 Å². The molecule has 1 atom stereocenters. The molecule has 1 rings (SSSR count). The van der Waals surface area contributed by atoms with Crippen LogP contribution in [0, 0.1) is 11.8 Å². The molecule has 0 heterocycles. The van der Waals surface area contributed by atoms with Gasteiger partial charge in [0.2, 0.25) is 0 Å². The van der Waals surface area contributed by atoms with Crippen LogP contribution in [0.4, 0.5) is 0 Å². The Morgan fingerprint density at radius 2 is 2.00 bits per heavy atom. The van der Waals surface area contributed by atoms with Crippen LogP contribution in [0.2, 0.25) is 0 Å². The van der Waals surface area contributed by atoms with Gasteiger partial charge in [-0.2, -0.15) is 0 Å². The number of rotatable bonds is 5. The molecule has 1 unspecified atom stereocenters. The lowest BCUT2D eigenvalue weighted by molar-refractivity contribution is 0.383. The largest absolute Gasteiger partial charge is 0.313 e. The van der Waals surface area contributed by atoms with Crippen molar-refractivity contribution in [3.8, 4) is 0 Å². The van der Waals surface area contributed by atoms with Gasteiger partial charge in [0.1, 0.15) is 0 Å². The summed E-state index contributed by atoms with van der Waals surface area (Å²) in [7, 11) is 0. The van der Waals surface area contributed by atoms with Crippen molar-refractivity contribution in [3.05, 3.63) is 0 Å². The highest BCUT2D eigenvalue weighted by Crippen LogP contribution is 2.28. The van der Waals surface area contributed by atoms with E-state index in [0.29, 0.717) is 0 Å². The normalized spacial score (nSPS) is 20.7. The summed E-state index contributed by atoms with van der Waals surface area (Å²) in [4.78, 5) is 0. The summed E-state index contributed by atoms with van der Waals surface area (Å²) in [5.74, 6) is 1.81. The summed E-state index contributed by atoms with van der Waals surface area (Å²) in [6.45, 7) is 8.13. The first-order valence-electron chi connectivity index (χ1n) is 4.97. The quantitative estimate of drug-likeness (QED) is 0.643. The third kappa shape index (κ3) is 3.24. The van der Waals surface area contributed by atoms with Crippen molar-refractivity contribution in [1.29, 1.82) is 0 Å². The smallest absolute Gasteiger partial charge is 0.00875 e. The van der Waals surface area contributed by atoms with Gasteiger partial charge in [0.05, 0.1) is 0 Å². The summed E-state index contributed by atoms with van der Waals surface area (Å²) < 4.78 is 0. The molecular weight excluding hydrogens is 134 g/mol. The highest BCUT2D eigenvalue weighted by molar-refractivity contribution is 4.78. The van der Waals surface area contributed by atoms with E-state index < -0.39 is 0 Å². The summed E-state index contributed by atoms with van der Waals surface area (Å²) in [5, 5.41) is 3.63. The molecule has 0 saturated heterocycles. The van der Waals surface area contributed by atoms with Crippen LogP contribution in [0.3, 0.4) is 0 Å². The molecule has 0 aromatic rings. The highest BCUT2D eigenvalue weighted by Gasteiger charge is 2.22. The summed E-state index contributed by atoms with van der Waals surface area (Å²) >= 11 is 0. The molecule has 0 bridgehead atoms. The molecule has 0 amide bonds. The molecule has 1 N–H and O–H groups in total. The second-order valence-corrected chi connectivity index (χ2v) is 4.11. The molecule has 0 aromatic heterocycles. The zero-order chi connectivity index (χ0) is 8.27. The number of hydrogen-bond donors (Lipinski definition) is 1. The minimum atomic E-state index is 0.746. The Hall–Kier alpha value is -0.0400. The zero-order valence-electron chi connectivity index (χ0n) is 8.06. The van der Waals surface area contributed by atoms with Crippen LogP contribution < -0.4 is 5.32 Å². The third-order valence-corrected chi connectivity index (χ3v) is 2.61. The molecule has 1 aliphatic carbocycles. The maximum Gasteiger partial charge on any atom is 0.00875 e. The Kier molecular flexibility index (Phi) is 3.38. The molecule has 0 aliphatic heterocycles. The Morgan fingerprint density at radius 3 is 2.36 bits per heavy atom. The third-order valence-electron chi connectivity index (χ3n) is 2.61. The van der Waals surface area contributed by atoms with E-state index in [4.69, 9.17) is 0 Å². The average Bonchev–Trinajstić information content (AvgIpc) is 2.72. The Morgan fingerprint density at radius 1 is 1.36 bits per heavy atom. The first-order chi connectivity index (χ1) is 5.24. The van der Waals surface area contributed by atoms with Crippen LogP contribution in [0.1, 0.15) is 40.0 Å². The molecule has 1 nitrogen and oxygen atoms in total. The number of hydrogen-bond acceptors (Lipinski definition) is 1. The van der Waals surface area contributed by atoms with Crippen LogP contribution in [0.15, 0.2) is 0 Å². The lowest BCUT2D eigenvalue weighted by Crippen LogP contribution is -2.34. The van der Waals surface area contributed by atoms with Gasteiger partial charge in [-0.3, -0.25) is 0 Å². The fraction of sp³-hybridized carbons (Fsp3) is 1.00. The van der Waals surface area contributed by atoms with Gasteiger partial charge < -0.3 is 5.32 Å². The molecule has 11 heavy (non-hydrogen) atoms. The molecule has 1 fully saturated rings. The van der Waals surface area contributed by atoms with E-state index in [-0.39, 0.29) is 0 Å². The minimum absolute atomic E-state index is 0.746. The van der Waals surface area contributed by atoms with Crippen molar-refractivity contribution in [2.45, 2.75) is 46.1 Å². The fourth-order valence-corrected chi connectivity index (χ4v) is 1.49. The predicted octanol–water partition coefficient (Wildman–Crippen LogP) is 2.42. The molecule has 66 valence electrons. The van der Waals surface area contributed by atoms with Crippen molar-refractivity contribution in [1.82, 2.24) is 5.32 Å². The summed E-state index contributed by atoms with van der Waals surface area (Å²) in [6.07, 6.45) is 4.19. The van der Waals surface area contributed by atoms with Crippen molar-refractivity contribution < 1.29 is 0 Å². The average molecular weight is 155 g/mol. The van der Waals surface area contributed by atoms with Crippen LogP contribution >= 0.6 is 0 Å². The van der Waals surface area contributed by atoms with Crippen molar-refractivity contribution in [3.63, 3.8) is 0 Å². The molecular formula is C10H21N. The highest BCUT2D eigenvalue weighted by atomic mass is 14.9. The van der Waals surface area contributed by atoms with E-state index in [9.17, 15) is 0 Å². The van der Waals surface area contributed by atoms with Gasteiger partial charge in [-0.15, -0.1) is 0 Å².